The first-order valence-corrected chi connectivity index (χ1v) is 9.51. The number of methoxy groups -OCH3 is 2. The van der Waals surface area contributed by atoms with E-state index in [1.165, 1.54) is 5.56 Å². The van der Waals surface area contributed by atoms with E-state index in [-0.39, 0.29) is 0 Å². The Hall–Kier alpha value is -2.50. The van der Waals surface area contributed by atoms with Crippen molar-refractivity contribution in [2.45, 2.75) is 40.0 Å². The molecule has 0 saturated carbocycles. The standard InChI is InChI=1S/C23H29NO4/c1-15-6-8-20-19(10-15)17(3)23(28-20)14-24(12-16(2)25)13-18-7-9-21(26-4)22(11-18)27-5/h6-11,16,25H,12-14H2,1-5H3/t16-/m0/s1. The molecule has 1 aromatic heterocycles. The number of furan rings is 1. The zero-order valence-electron chi connectivity index (χ0n) is 17.3. The number of hydrogen-bond donors (Lipinski definition) is 1. The molecule has 0 radical (unpaired) electrons. The smallest absolute Gasteiger partial charge is 0.161 e. The maximum atomic E-state index is 9.99. The molecule has 28 heavy (non-hydrogen) atoms. The molecule has 0 fully saturated rings. The quantitative estimate of drug-likeness (QED) is 0.623. The number of rotatable bonds is 8. The second kappa shape index (κ2) is 8.67. The lowest BCUT2D eigenvalue weighted by Crippen LogP contribution is -2.30. The number of fused-ring (bicyclic) bond motifs is 1. The highest BCUT2D eigenvalue weighted by Gasteiger charge is 2.17. The minimum atomic E-state index is -0.438. The molecule has 0 amide bonds. The molecule has 0 aliphatic carbocycles. The summed E-state index contributed by atoms with van der Waals surface area (Å²) in [5.74, 6) is 2.34. The number of aliphatic hydroxyl groups excluding tert-OH is 1. The lowest BCUT2D eigenvalue weighted by molar-refractivity contribution is 0.113. The average molecular weight is 383 g/mol. The molecule has 3 rings (SSSR count). The molecule has 5 nitrogen and oxygen atoms in total. The van der Waals surface area contributed by atoms with Crippen LogP contribution in [0.25, 0.3) is 11.0 Å². The van der Waals surface area contributed by atoms with Gasteiger partial charge in [-0.1, -0.05) is 17.7 Å². The van der Waals surface area contributed by atoms with Crippen molar-refractivity contribution in [1.29, 1.82) is 0 Å². The van der Waals surface area contributed by atoms with Gasteiger partial charge in [0.25, 0.3) is 0 Å². The summed E-state index contributed by atoms with van der Waals surface area (Å²) < 4.78 is 16.9. The summed E-state index contributed by atoms with van der Waals surface area (Å²) in [4.78, 5) is 2.18. The van der Waals surface area contributed by atoms with Gasteiger partial charge in [0.15, 0.2) is 11.5 Å². The van der Waals surface area contributed by atoms with E-state index in [9.17, 15) is 5.11 Å². The number of ether oxygens (including phenoxy) is 2. The van der Waals surface area contributed by atoms with Gasteiger partial charge in [0, 0.05) is 18.5 Å². The van der Waals surface area contributed by atoms with Crippen LogP contribution in [0.5, 0.6) is 11.5 Å². The zero-order chi connectivity index (χ0) is 20.3. The Kier molecular flexibility index (Phi) is 6.27. The molecule has 1 N–H and O–H groups in total. The molecule has 0 bridgehead atoms. The van der Waals surface area contributed by atoms with Crippen molar-refractivity contribution < 1.29 is 19.0 Å². The van der Waals surface area contributed by atoms with E-state index in [1.54, 1.807) is 21.1 Å². The van der Waals surface area contributed by atoms with Crippen LogP contribution >= 0.6 is 0 Å². The number of benzene rings is 2. The van der Waals surface area contributed by atoms with Gasteiger partial charge in [0.05, 0.1) is 26.9 Å². The summed E-state index contributed by atoms with van der Waals surface area (Å²) in [6.07, 6.45) is -0.438. The van der Waals surface area contributed by atoms with Crippen LogP contribution in [0, 0.1) is 13.8 Å². The van der Waals surface area contributed by atoms with Crippen molar-refractivity contribution in [1.82, 2.24) is 4.90 Å². The van der Waals surface area contributed by atoms with Gasteiger partial charge in [-0.3, -0.25) is 4.90 Å². The van der Waals surface area contributed by atoms with E-state index in [4.69, 9.17) is 13.9 Å². The van der Waals surface area contributed by atoms with Crippen LogP contribution in [0.3, 0.4) is 0 Å². The van der Waals surface area contributed by atoms with E-state index in [1.807, 2.05) is 24.3 Å². The highest BCUT2D eigenvalue weighted by Crippen LogP contribution is 2.30. The molecule has 150 valence electrons. The molecule has 0 saturated heterocycles. The van der Waals surface area contributed by atoms with Gasteiger partial charge in [-0.25, -0.2) is 0 Å². The number of aliphatic hydroxyl groups is 1. The van der Waals surface area contributed by atoms with Crippen LogP contribution in [-0.4, -0.2) is 36.9 Å². The number of aryl methyl sites for hydroxylation is 2. The van der Waals surface area contributed by atoms with Gasteiger partial charge < -0.3 is 19.0 Å². The highest BCUT2D eigenvalue weighted by molar-refractivity contribution is 5.82. The van der Waals surface area contributed by atoms with Crippen molar-refractivity contribution in [2.24, 2.45) is 0 Å². The van der Waals surface area contributed by atoms with Gasteiger partial charge in [-0.2, -0.15) is 0 Å². The fourth-order valence-electron chi connectivity index (χ4n) is 3.54. The molecule has 2 aromatic carbocycles. The van der Waals surface area contributed by atoms with Crippen LogP contribution in [0.1, 0.15) is 29.4 Å². The lowest BCUT2D eigenvalue weighted by atomic mass is 10.1. The second-order valence-electron chi connectivity index (χ2n) is 7.36. The summed E-state index contributed by atoms with van der Waals surface area (Å²) in [5.41, 5.74) is 4.36. The van der Waals surface area contributed by atoms with Crippen LogP contribution in [0.15, 0.2) is 40.8 Å². The van der Waals surface area contributed by atoms with E-state index >= 15 is 0 Å². The Balaban J connectivity index is 1.86. The summed E-state index contributed by atoms with van der Waals surface area (Å²) in [6.45, 7) is 7.82. The van der Waals surface area contributed by atoms with Gasteiger partial charge in [-0.15, -0.1) is 0 Å². The number of hydrogen-bond acceptors (Lipinski definition) is 5. The Morgan fingerprint density at radius 1 is 1.00 bits per heavy atom. The van der Waals surface area contributed by atoms with Crippen molar-refractivity contribution >= 4 is 11.0 Å². The van der Waals surface area contributed by atoms with Crippen molar-refractivity contribution in [3.63, 3.8) is 0 Å². The summed E-state index contributed by atoms with van der Waals surface area (Å²) in [7, 11) is 3.26. The largest absolute Gasteiger partial charge is 0.493 e. The Bertz CT molecular complexity index is 945. The minimum Gasteiger partial charge on any atom is -0.493 e. The Morgan fingerprint density at radius 2 is 1.75 bits per heavy atom. The SMILES string of the molecule is COc1ccc(CN(Cc2oc3ccc(C)cc3c2C)C[C@H](C)O)cc1OC. The van der Waals surface area contributed by atoms with Crippen molar-refractivity contribution in [3.8, 4) is 11.5 Å². The lowest BCUT2D eigenvalue weighted by Gasteiger charge is -2.23. The molecule has 1 atom stereocenters. The van der Waals surface area contributed by atoms with E-state index in [2.05, 4.69) is 30.9 Å². The molecular formula is C23H29NO4. The molecule has 0 aliphatic rings. The first kappa shape index (κ1) is 20.2. The van der Waals surface area contributed by atoms with Crippen molar-refractivity contribution in [3.05, 3.63) is 58.8 Å². The maximum Gasteiger partial charge on any atom is 0.161 e. The first-order valence-electron chi connectivity index (χ1n) is 9.51. The number of nitrogens with zero attached hydrogens (tertiary/aromatic N) is 1. The van der Waals surface area contributed by atoms with E-state index in [0.717, 1.165) is 27.9 Å². The maximum absolute atomic E-state index is 9.99. The van der Waals surface area contributed by atoms with Gasteiger partial charge in [0.2, 0.25) is 0 Å². The topological polar surface area (TPSA) is 55.1 Å². The predicted octanol–water partition coefficient (Wildman–Crippen LogP) is 4.45. The van der Waals surface area contributed by atoms with Crippen LogP contribution < -0.4 is 9.47 Å². The molecular weight excluding hydrogens is 354 g/mol. The third kappa shape index (κ3) is 4.49. The normalized spacial score (nSPS) is 12.5. The van der Waals surface area contributed by atoms with E-state index in [0.29, 0.717) is 31.1 Å². The Labute approximate surface area is 166 Å². The zero-order valence-corrected chi connectivity index (χ0v) is 17.3. The van der Waals surface area contributed by atoms with Crippen LogP contribution in [0.4, 0.5) is 0 Å². The van der Waals surface area contributed by atoms with Gasteiger partial charge >= 0.3 is 0 Å². The minimum absolute atomic E-state index is 0.438. The average Bonchev–Trinajstić information content (AvgIpc) is 2.96. The third-order valence-corrected chi connectivity index (χ3v) is 4.93. The van der Waals surface area contributed by atoms with Gasteiger partial charge in [0.1, 0.15) is 11.3 Å². The summed E-state index contributed by atoms with van der Waals surface area (Å²) in [6, 6.07) is 12.1. The molecule has 3 aromatic rings. The fraction of sp³-hybridized carbons (Fsp3) is 0.391. The summed E-state index contributed by atoms with van der Waals surface area (Å²) in [5, 5.41) is 11.1. The molecule has 1 heterocycles. The Morgan fingerprint density at radius 3 is 2.43 bits per heavy atom. The van der Waals surface area contributed by atoms with Crippen LogP contribution in [0.2, 0.25) is 0 Å². The fourth-order valence-corrected chi connectivity index (χ4v) is 3.54. The predicted molar refractivity (Wildman–Crippen MR) is 111 cm³/mol. The molecule has 0 spiro atoms. The van der Waals surface area contributed by atoms with E-state index < -0.39 is 6.10 Å². The second-order valence-corrected chi connectivity index (χ2v) is 7.36. The van der Waals surface area contributed by atoms with Crippen molar-refractivity contribution in [2.75, 3.05) is 20.8 Å². The third-order valence-electron chi connectivity index (χ3n) is 4.93. The molecule has 0 aliphatic heterocycles. The summed E-state index contributed by atoms with van der Waals surface area (Å²) >= 11 is 0. The first-order chi connectivity index (χ1) is 13.4. The molecule has 5 heteroatoms. The molecule has 0 unspecified atom stereocenters. The van der Waals surface area contributed by atoms with Crippen LogP contribution in [-0.2, 0) is 13.1 Å². The highest BCUT2D eigenvalue weighted by atomic mass is 16.5. The van der Waals surface area contributed by atoms with Gasteiger partial charge in [-0.05, 0) is 56.2 Å². The monoisotopic (exact) mass is 383 g/mol.